The smallest absolute Gasteiger partial charge is 0.256 e. The largest absolute Gasteiger partial charge is 0.336 e. The molecule has 0 aromatic heterocycles. The molecule has 1 N–H and O–H groups in total. The summed E-state index contributed by atoms with van der Waals surface area (Å²) >= 11 is 5.73. The van der Waals surface area contributed by atoms with E-state index in [1.807, 2.05) is 66.4 Å². The second kappa shape index (κ2) is 9.96. The third kappa shape index (κ3) is 5.29. The molecule has 1 unspecified atom stereocenters. The maximum absolute atomic E-state index is 13.4. The molecular formula is C27H27N3O2S. The summed E-state index contributed by atoms with van der Waals surface area (Å²) in [4.78, 5) is 29.7. The van der Waals surface area contributed by atoms with Crippen LogP contribution in [-0.2, 0) is 16.0 Å². The molecule has 5 nitrogen and oxygen atoms in total. The minimum Gasteiger partial charge on any atom is -0.336 e. The highest BCUT2D eigenvalue weighted by atomic mass is 32.1. The van der Waals surface area contributed by atoms with Gasteiger partial charge in [-0.15, -0.1) is 0 Å². The standard InChI is InChI=1S/C27H27N3O2S/c1-19-8-12-21(13-9-19)16-17-29-24(18-25(31)28-22-14-10-20(2)11-15-22)26(32)30(27(29)33)23-6-4-3-5-7-23/h3-15,24H,16-18H2,1-2H3,(H,28,31). The lowest BCUT2D eigenvalue weighted by Crippen LogP contribution is -2.39. The molecule has 0 aliphatic carbocycles. The van der Waals surface area contributed by atoms with Crippen molar-refractivity contribution in [1.29, 1.82) is 0 Å². The van der Waals surface area contributed by atoms with Gasteiger partial charge in [-0.05, 0) is 62.3 Å². The second-order valence-electron chi connectivity index (χ2n) is 8.35. The summed E-state index contributed by atoms with van der Waals surface area (Å²) in [7, 11) is 0. The van der Waals surface area contributed by atoms with Gasteiger partial charge in [0.15, 0.2) is 5.11 Å². The molecule has 1 aliphatic rings. The van der Waals surface area contributed by atoms with Crippen molar-refractivity contribution in [2.24, 2.45) is 0 Å². The molecule has 4 rings (SSSR count). The average Bonchev–Trinajstić information content (AvgIpc) is 3.04. The van der Waals surface area contributed by atoms with Crippen molar-refractivity contribution in [2.75, 3.05) is 16.8 Å². The Balaban J connectivity index is 1.54. The van der Waals surface area contributed by atoms with Gasteiger partial charge in [0, 0.05) is 12.2 Å². The van der Waals surface area contributed by atoms with Gasteiger partial charge in [0.25, 0.3) is 5.91 Å². The van der Waals surface area contributed by atoms with Crippen molar-refractivity contribution >= 4 is 40.5 Å². The van der Waals surface area contributed by atoms with Crippen LogP contribution < -0.4 is 10.2 Å². The van der Waals surface area contributed by atoms with E-state index in [1.54, 1.807) is 4.90 Å². The van der Waals surface area contributed by atoms with Crippen LogP contribution in [0.2, 0.25) is 0 Å². The number of rotatable bonds is 7. The summed E-state index contributed by atoms with van der Waals surface area (Å²) in [6.07, 6.45) is 0.760. The van der Waals surface area contributed by atoms with Crippen molar-refractivity contribution in [3.63, 3.8) is 0 Å². The molecule has 6 heteroatoms. The topological polar surface area (TPSA) is 52.7 Å². The average molecular weight is 458 g/mol. The minimum absolute atomic E-state index is 0.0318. The number of anilines is 2. The third-order valence-electron chi connectivity index (χ3n) is 5.81. The third-order valence-corrected chi connectivity index (χ3v) is 6.23. The van der Waals surface area contributed by atoms with Gasteiger partial charge in [-0.25, -0.2) is 0 Å². The molecule has 1 atom stereocenters. The van der Waals surface area contributed by atoms with Crippen LogP contribution in [0, 0.1) is 13.8 Å². The van der Waals surface area contributed by atoms with E-state index in [0.29, 0.717) is 23.0 Å². The predicted molar refractivity (Wildman–Crippen MR) is 136 cm³/mol. The Morgan fingerprint density at radius 2 is 1.52 bits per heavy atom. The van der Waals surface area contributed by atoms with E-state index in [2.05, 4.69) is 36.5 Å². The number of amides is 2. The Morgan fingerprint density at radius 1 is 0.909 bits per heavy atom. The van der Waals surface area contributed by atoms with Crippen LogP contribution in [0.5, 0.6) is 0 Å². The molecular weight excluding hydrogens is 430 g/mol. The lowest BCUT2D eigenvalue weighted by atomic mass is 10.1. The molecule has 2 amide bonds. The van der Waals surface area contributed by atoms with Gasteiger partial charge in [0.2, 0.25) is 5.91 Å². The SMILES string of the molecule is Cc1ccc(CCN2C(=S)N(c3ccccc3)C(=O)C2CC(=O)Nc2ccc(C)cc2)cc1. The zero-order valence-electron chi connectivity index (χ0n) is 18.8. The van der Waals surface area contributed by atoms with E-state index in [9.17, 15) is 9.59 Å². The number of carbonyl (C=O) groups is 2. The summed E-state index contributed by atoms with van der Waals surface area (Å²) in [6.45, 7) is 4.60. The van der Waals surface area contributed by atoms with Gasteiger partial charge in [-0.2, -0.15) is 0 Å². The van der Waals surface area contributed by atoms with Crippen molar-refractivity contribution in [1.82, 2.24) is 4.90 Å². The molecule has 168 valence electrons. The summed E-state index contributed by atoms with van der Waals surface area (Å²) in [5.41, 5.74) is 4.91. The van der Waals surface area contributed by atoms with E-state index in [0.717, 1.165) is 17.5 Å². The molecule has 3 aromatic rings. The lowest BCUT2D eigenvalue weighted by Gasteiger charge is -2.24. The molecule has 0 spiro atoms. The molecule has 33 heavy (non-hydrogen) atoms. The van der Waals surface area contributed by atoms with Crippen LogP contribution in [-0.4, -0.2) is 34.4 Å². The van der Waals surface area contributed by atoms with E-state index in [4.69, 9.17) is 12.2 Å². The Bertz CT molecular complexity index is 1140. The van der Waals surface area contributed by atoms with Crippen LogP contribution in [0.4, 0.5) is 11.4 Å². The van der Waals surface area contributed by atoms with Crippen molar-refractivity contribution in [3.8, 4) is 0 Å². The first-order chi connectivity index (χ1) is 15.9. The Morgan fingerprint density at radius 3 is 2.15 bits per heavy atom. The molecule has 1 fully saturated rings. The number of nitrogens with one attached hydrogen (secondary N) is 1. The number of hydrogen-bond acceptors (Lipinski definition) is 3. The Labute approximate surface area is 200 Å². The molecule has 1 aliphatic heterocycles. The van der Waals surface area contributed by atoms with E-state index in [1.165, 1.54) is 5.56 Å². The monoisotopic (exact) mass is 457 g/mol. The number of para-hydroxylation sites is 1. The van der Waals surface area contributed by atoms with E-state index in [-0.39, 0.29) is 18.2 Å². The predicted octanol–water partition coefficient (Wildman–Crippen LogP) is 4.88. The quantitative estimate of drug-likeness (QED) is 0.514. The molecule has 0 saturated carbocycles. The highest BCUT2D eigenvalue weighted by Gasteiger charge is 2.43. The normalized spacial score (nSPS) is 15.8. The zero-order valence-corrected chi connectivity index (χ0v) is 19.6. The fourth-order valence-corrected chi connectivity index (χ4v) is 4.34. The molecule has 1 heterocycles. The molecule has 1 saturated heterocycles. The van der Waals surface area contributed by atoms with Crippen molar-refractivity contribution in [2.45, 2.75) is 32.7 Å². The number of benzene rings is 3. The summed E-state index contributed by atoms with van der Waals surface area (Å²) in [6, 6.07) is 24.6. The number of nitrogens with zero attached hydrogens (tertiary/aromatic N) is 2. The lowest BCUT2D eigenvalue weighted by molar-refractivity contribution is -0.124. The van der Waals surface area contributed by atoms with Crippen molar-refractivity contribution < 1.29 is 9.59 Å². The second-order valence-corrected chi connectivity index (χ2v) is 8.72. The maximum Gasteiger partial charge on any atom is 0.256 e. The highest BCUT2D eigenvalue weighted by molar-refractivity contribution is 7.80. The van der Waals surface area contributed by atoms with E-state index >= 15 is 0 Å². The Hall–Kier alpha value is -3.51. The van der Waals surface area contributed by atoms with Crippen LogP contribution in [0.1, 0.15) is 23.1 Å². The zero-order chi connectivity index (χ0) is 23.4. The van der Waals surface area contributed by atoms with Gasteiger partial charge >= 0.3 is 0 Å². The first-order valence-corrected chi connectivity index (χ1v) is 11.4. The first kappa shape index (κ1) is 22.7. The Kier molecular flexibility index (Phi) is 6.84. The number of hydrogen-bond donors (Lipinski definition) is 1. The highest BCUT2D eigenvalue weighted by Crippen LogP contribution is 2.27. The van der Waals surface area contributed by atoms with Crippen LogP contribution in [0.25, 0.3) is 0 Å². The minimum atomic E-state index is -0.645. The molecule has 0 radical (unpaired) electrons. The fourth-order valence-electron chi connectivity index (χ4n) is 3.93. The fraction of sp³-hybridized carbons (Fsp3) is 0.222. The number of carbonyl (C=O) groups excluding carboxylic acids is 2. The van der Waals surface area contributed by atoms with Crippen LogP contribution in [0.15, 0.2) is 78.9 Å². The summed E-state index contributed by atoms with van der Waals surface area (Å²) < 4.78 is 0. The maximum atomic E-state index is 13.4. The van der Waals surface area contributed by atoms with Crippen molar-refractivity contribution in [3.05, 3.63) is 95.6 Å². The molecule has 3 aromatic carbocycles. The van der Waals surface area contributed by atoms with Gasteiger partial charge in [0.1, 0.15) is 6.04 Å². The summed E-state index contributed by atoms with van der Waals surface area (Å²) in [5, 5.41) is 3.34. The van der Waals surface area contributed by atoms with Crippen LogP contribution >= 0.6 is 12.2 Å². The number of aryl methyl sites for hydroxylation is 2. The molecule has 0 bridgehead atoms. The van der Waals surface area contributed by atoms with Gasteiger partial charge in [-0.3, -0.25) is 14.5 Å². The van der Waals surface area contributed by atoms with Crippen LogP contribution in [0.3, 0.4) is 0 Å². The van der Waals surface area contributed by atoms with Gasteiger partial charge < -0.3 is 10.2 Å². The number of thiocarbonyl (C=S) groups is 1. The first-order valence-electron chi connectivity index (χ1n) is 11.0. The van der Waals surface area contributed by atoms with Gasteiger partial charge in [-0.1, -0.05) is 65.7 Å². The van der Waals surface area contributed by atoms with E-state index < -0.39 is 6.04 Å². The summed E-state index contributed by atoms with van der Waals surface area (Å²) in [5.74, 6) is -0.385. The van der Waals surface area contributed by atoms with Gasteiger partial charge in [0.05, 0.1) is 12.1 Å².